The van der Waals surface area contributed by atoms with E-state index in [1.165, 1.54) is 0 Å². The van der Waals surface area contributed by atoms with Crippen LogP contribution in [0.4, 0.5) is 0 Å². The molecule has 1 atom stereocenters. The minimum absolute atomic E-state index is 0. The number of allylic oxidation sites excluding steroid dienone is 4. The Bertz CT molecular complexity index is 1160. The van der Waals surface area contributed by atoms with E-state index in [0.29, 0.717) is 19.3 Å². The number of hydrogen-bond acceptors (Lipinski definition) is 6. The average Bonchev–Trinajstić information content (AvgIpc) is 2.72. The van der Waals surface area contributed by atoms with Crippen molar-refractivity contribution in [3.05, 3.63) is 24.3 Å². The second-order valence-corrected chi connectivity index (χ2v) is 8.12. The molecule has 0 rings (SSSR count). The van der Waals surface area contributed by atoms with Gasteiger partial charge in [-0.1, -0.05) is 41.8 Å². The third kappa shape index (κ3) is 28.1. The third-order valence-electron chi connectivity index (χ3n) is 3.22. The number of terminal acetylenes is 1. The van der Waals surface area contributed by atoms with Crippen LogP contribution in [-0.2, 0) is 29.2 Å². The minimum atomic E-state index is -4.91. The van der Waals surface area contributed by atoms with E-state index >= 15 is 0 Å². The third-order valence-corrected chi connectivity index (χ3v) is 4.13. The van der Waals surface area contributed by atoms with Gasteiger partial charge in [0.05, 0.1) is 0 Å². The largest absolute Gasteiger partial charge is 1.00 e. The average molecular weight is 516 g/mol. The van der Waals surface area contributed by atoms with Crippen LogP contribution in [0, 0.1) is 59.7 Å². The van der Waals surface area contributed by atoms with Crippen LogP contribution in [-0.4, -0.2) is 38.7 Å². The maximum absolute atomic E-state index is 10.7. The molecule has 0 fully saturated rings. The smallest absolute Gasteiger partial charge is 0.264 e. The van der Waals surface area contributed by atoms with Crippen molar-refractivity contribution in [2.24, 2.45) is 0 Å². The van der Waals surface area contributed by atoms with Gasteiger partial charge in [-0.25, -0.2) is 8.37 Å². The monoisotopic (exact) mass is 515 g/mol. The Labute approximate surface area is 225 Å². The van der Waals surface area contributed by atoms with Crippen molar-refractivity contribution in [3.63, 3.8) is 0 Å². The predicted molar refractivity (Wildman–Crippen MR) is 124 cm³/mol. The van der Waals surface area contributed by atoms with Gasteiger partial charge in [-0.2, -0.15) is 16.8 Å². The SMILES string of the molecule is C#C/C=C\CCCC/C=C\C#CC#CCCCC#CC#C[C@H](COS(=O)(=O)O)OS(=O)(=O)O.[Na+]. The fraction of sp³-hybridized carbons (Fsp3) is 0.391. The van der Waals surface area contributed by atoms with Crippen molar-refractivity contribution in [2.45, 2.75) is 51.0 Å². The fourth-order valence-corrected chi connectivity index (χ4v) is 2.57. The summed E-state index contributed by atoms with van der Waals surface area (Å²) in [5.74, 6) is 23.1. The molecule has 0 aliphatic heterocycles. The van der Waals surface area contributed by atoms with Crippen molar-refractivity contribution in [1.82, 2.24) is 0 Å². The zero-order valence-electron chi connectivity index (χ0n) is 18.8. The Balaban J connectivity index is 0. The molecule has 0 spiro atoms. The fourth-order valence-electron chi connectivity index (χ4n) is 1.88. The second-order valence-electron chi connectivity index (χ2n) is 5.98. The molecule has 34 heavy (non-hydrogen) atoms. The summed E-state index contributed by atoms with van der Waals surface area (Å²) < 4.78 is 67.6. The van der Waals surface area contributed by atoms with Crippen LogP contribution in [0.2, 0.25) is 0 Å². The van der Waals surface area contributed by atoms with E-state index in [1.807, 2.05) is 12.2 Å². The molecule has 11 heteroatoms. The van der Waals surface area contributed by atoms with Gasteiger partial charge in [0.15, 0.2) is 6.10 Å². The number of unbranched alkanes of at least 4 members (excludes halogenated alkanes) is 5. The summed E-state index contributed by atoms with van der Waals surface area (Å²) in [5, 5.41) is 0. The summed E-state index contributed by atoms with van der Waals surface area (Å²) in [7, 11) is -9.74. The first-order chi connectivity index (χ1) is 15.6. The molecular weight excluding hydrogens is 491 g/mol. The molecule has 2 N–H and O–H groups in total. The summed E-state index contributed by atoms with van der Waals surface area (Å²) in [4.78, 5) is 0. The van der Waals surface area contributed by atoms with Gasteiger partial charge < -0.3 is 0 Å². The van der Waals surface area contributed by atoms with Gasteiger partial charge in [0, 0.05) is 12.8 Å². The van der Waals surface area contributed by atoms with E-state index in [9.17, 15) is 16.8 Å². The molecule has 0 radical (unpaired) electrons. The molecule has 0 aliphatic carbocycles. The number of rotatable bonds is 12. The number of hydrogen-bond donors (Lipinski definition) is 2. The molecule has 0 saturated carbocycles. The zero-order valence-corrected chi connectivity index (χ0v) is 22.4. The maximum Gasteiger partial charge on any atom is 1.00 e. The summed E-state index contributed by atoms with van der Waals surface area (Å²) >= 11 is 0. The van der Waals surface area contributed by atoms with Crippen molar-refractivity contribution in [1.29, 1.82) is 0 Å². The molecule has 0 saturated heterocycles. The van der Waals surface area contributed by atoms with Crippen molar-refractivity contribution in [2.75, 3.05) is 6.61 Å². The molecule has 0 amide bonds. The van der Waals surface area contributed by atoms with Crippen LogP contribution in [0.5, 0.6) is 0 Å². The van der Waals surface area contributed by atoms with Crippen molar-refractivity contribution < 1.29 is 63.9 Å². The zero-order chi connectivity index (χ0) is 24.8. The Morgan fingerprint density at radius 2 is 1.41 bits per heavy atom. The van der Waals surface area contributed by atoms with E-state index in [4.69, 9.17) is 15.5 Å². The minimum Gasteiger partial charge on any atom is -0.264 e. The van der Waals surface area contributed by atoms with E-state index in [0.717, 1.165) is 25.7 Å². The molecule has 176 valence electrons. The Kier molecular flexibility index (Phi) is 21.7. The van der Waals surface area contributed by atoms with Crippen LogP contribution < -0.4 is 29.6 Å². The quantitative estimate of drug-likeness (QED) is 0.154. The Morgan fingerprint density at radius 3 is 1.97 bits per heavy atom. The van der Waals surface area contributed by atoms with Gasteiger partial charge in [0.1, 0.15) is 6.61 Å². The summed E-state index contributed by atoms with van der Waals surface area (Å²) in [6.07, 6.45) is 16.6. The van der Waals surface area contributed by atoms with E-state index in [1.54, 1.807) is 12.2 Å². The normalized spacial score (nSPS) is 11.3. The second kappa shape index (κ2) is 21.5. The summed E-state index contributed by atoms with van der Waals surface area (Å²) in [6.45, 7) is -0.954. The van der Waals surface area contributed by atoms with E-state index in [-0.39, 0.29) is 29.6 Å². The molecule has 0 aromatic heterocycles. The molecule has 0 unspecified atom stereocenters. The van der Waals surface area contributed by atoms with Gasteiger partial charge in [-0.05, 0) is 67.9 Å². The van der Waals surface area contributed by atoms with Crippen LogP contribution in [0.1, 0.15) is 44.9 Å². The first kappa shape index (κ1) is 34.2. The maximum atomic E-state index is 10.7. The summed E-state index contributed by atoms with van der Waals surface area (Å²) in [5.41, 5.74) is 0. The van der Waals surface area contributed by atoms with Crippen LogP contribution >= 0.6 is 0 Å². The van der Waals surface area contributed by atoms with Crippen molar-refractivity contribution >= 4 is 20.8 Å². The Morgan fingerprint density at radius 1 is 0.824 bits per heavy atom. The van der Waals surface area contributed by atoms with Gasteiger partial charge >= 0.3 is 50.4 Å². The van der Waals surface area contributed by atoms with Gasteiger partial charge in [0.2, 0.25) is 0 Å². The first-order valence-corrected chi connectivity index (χ1v) is 12.4. The van der Waals surface area contributed by atoms with Gasteiger partial charge in [-0.15, -0.1) is 6.42 Å². The topological polar surface area (TPSA) is 127 Å². The van der Waals surface area contributed by atoms with Crippen LogP contribution in [0.25, 0.3) is 0 Å². The van der Waals surface area contributed by atoms with E-state index in [2.05, 4.69) is 61.7 Å². The standard InChI is InChI=1S/C23H24O8S2.Na/c1-2-3-4-5-6-7-8-9-10-11-12-13-14-15-16-17-18-19-20-21-23(31-33(27,28)29)22-30-32(24,25)26;/h1,3-4,9-10,23H,5-8,15-17,22H2,(H,24,25,26)(H,27,28,29);/q;+1/b4-3-,10-9-;/t23-;/m1./s1. The first-order valence-electron chi connectivity index (χ1n) is 9.64. The van der Waals surface area contributed by atoms with Crippen molar-refractivity contribution in [3.8, 4) is 59.7 Å². The molecule has 8 nitrogen and oxygen atoms in total. The molecule has 0 aliphatic rings. The van der Waals surface area contributed by atoms with E-state index < -0.39 is 33.5 Å². The van der Waals surface area contributed by atoms with Gasteiger partial charge in [0.25, 0.3) is 0 Å². The summed E-state index contributed by atoms with van der Waals surface area (Å²) in [6, 6.07) is 0. The molecular formula is C23H24NaO8S2+. The molecule has 0 bridgehead atoms. The molecule has 0 aromatic rings. The molecule has 0 heterocycles. The van der Waals surface area contributed by atoms with Gasteiger partial charge in [-0.3, -0.25) is 9.11 Å². The predicted octanol–water partition coefficient (Wildman–Crippen LogP) is -0.512. The molecule has 0 aromatic carbocycles. The van der Waals surface area contributed by atoms with Crippen LogP contribution in [0.3, 0.4) is 0 Å². The Hall–Kier alpha value is -1.98. The van der Waals surface area contributed by atoms with Crippen LogP contribution in [0.15, 0.2) is 24.3 Å².